The Morgan fingerprint density at radius 3 is 2.26 bits per heavy atom. The van der Waals surface area contributed by atoms with Gasteiger partial charge in [-0.2, -0.15) is 0 Å². The van der Waals surface area contributed by atoms with Gasteiger partial charge in [-0.05, 0) is 44.0 Å². The number of hydrogen-bond acceptors (Lipinski definition) is 2. The number of hydrogen-bond donors (Lipinski definition) is 1. The van der Waals surface area contributed by atoms with Crippen LogP contribution in [0.25, 0.3) is 0 Å². The number of benzene rings is 1. The van der Waals surface area contributed by atoms with E-state index < -0.39 is 0 Å². The molecule has 2 N–H and O–H groups in total. The second-order valence-corrected chi connectivity index (χ2v) is 5.90. The van der Waals surface area contributed by atoms with Crippen LogP contribution in [-0.4, -0.2) is 24.5 Å². The number of rotatable bonds is 7. The van der Waals surface area contributed by atoms with Gasteiger partial charge in [0.05, 0.1) is 0 Å². The third-order valence-corrected chi connectivity index (χ3v) is 4.38. The monoisotopic (exact) mass is 282 g/mol. The Morgan fingerprint density at radius 1 is 1.21 bits per heavy atom. The summed E-state index contributed by atoms with van der Waals surface area (Å²) in [6, 6.07) is 8.88. The maximum Gasteiger partial charge on any atom is 0.0406 e. The average Bonchev–Trinajstić information content (AvgIpc) is 2.39. The summed E-state index contributed by atoms with van der Waals surface area (Å²) in [7, 11) is 2.17. The fourth-order valence-electron chi connectivity index (χ4n) is 2.71. The van der Waals surface area contributed by atoms with Crippen LogP contribution < -0.4 is 5.73 Å². The van der Waals surface area contributed by atoms with E-state index in [9.17, 15) is 0 Å². The van der Waals surface area contributed by atoms with Crippen LogP contribution in [0, 0.1) is 5.92 Å². The zero-order chi connectivity index (χ0) is 14.4. The molecular weight excluding hydrogens is 256 g/mol. The SMILES string of the molecule is CCCC(C)C(CN)N(C)C(C)c1ccc(Cl)cc1. The third-order valence-electron chi connectivity index (χ3n) is 4.13. The fourth-order valence-corrected chi connectivity index (χ4v) is 2.84. The lowest BCUT2D eigenvalue weighted by Crippen LogP contribution is -2.43. The van der Waals surface area contributed by atoms with Crippen LogP contribution in [0.15, 0.2) is 24.3 Å². The van der Waals surface area contributed by atoms with E-state index in [0.717, 1.165) is 5.02 Å². The van der Waals surface area contributed by atoms with Crippen molar-refractivity contribution >= 4 is 11.6 Å². The molecule has 0 aromatic heterocycles. The van der Waals surface area contributed by atoms with Crippen molar-refractivity contribution in [2.75, 3.05) is 13.6 Å². The highest BCUT2D eigenvalue weighted by Crippen LogP contribution is 2.26. The van der Waals surface area contributed by atoms with E-state index in [2.05, 4.69) is 44.9 Å². The van der Waals surface area contributed by atoms with Gasteiger partial charge in [-0.1, -0.05) is 44.0 Å². The highest BCUT2D eigenvalue weighted by molar-refractivity contribution is 6.30. The van der Waals surface area contributed by atoms with E-state index in [1.54, 1.807) is 0 Å². The number of likely N-dealkylation sites (N-methyl/N-ethyl adjacent to an activating group) is 1. The van der Waals surface area contributed by atoms with Gasteiger partial charge in [0.1, 0.15) is 0 Å². The Morgan fingerprint density at radius 2 is 1.79 bits per heavy atom. The van der Waals surface area contributed by atoms with Gasteiger partial charge in [0.25, 0.3) is 0 Å². The highest BCUT2D eigenvalue weighted by atomic mass is 35.5. The Bertz CT molecular complexity index is 364. The summed E-state index contributed by atoms with van der Waals surface area (Å²) in [5.41, 5.74) is 7.27. The molecule has 0 aliphatic rings. The molecule has 0 fully saturated rings. The Balaban J connectivity index is 2.78. The van der Waals surface area contributed by atoms with Crippen molar-refractivity contribution in [3.63, 3.8) is 0 Å². The normalized spacial score (nSPS) is 16.4. The topological polar surface area (TPSA) is 29.3 Å². The molecule has 0 saturated carbocycles. The van der Waals surface area contributed by atoms with Crippen LogP contribution >= 0.6 is 11.6 Å². The smallest absolute Gasteiger partial charge is 0.0406 e. The molecule has 0 saturated heterocycles. The number of nitrogens with zero attached hydrogens (tertiary/aromatic N) is 1. The van der Waals surface area contributed by atoms with Crippen molar-refractivity contribution in [1.29, 1.82) is 0 Å². The second kappa shape index (κ2) is 7.88. The van der Waals surface area contributed by atoms with Gasteiger partial charge in [-0.25, -0.2) is 0 Å². The zero-order valence-electron chi connectivity index (χ0n) is 12.6. The first-order chi connectivity index (χ1) is 9.01. The van der Waals surface area contributed by atoms with Gasteiger partial charge in [0, 0.05) is 23.7 Å². The van der Waals surface area contributed by atoms with Crippen LogP contribution in [-0.2, 0) is 0 Å². The molecule has 19 heavy (non-hydrogen) atoms. The average molecular weight is 283 g/mol. The van der Waals surface area contributed by atoms with Crippen molar-refractivity contribution in [3.8, 4) is 0 Å². The van der Waals surface area contributed by atoms with Crippen molar-refractivity contribution in [2.45, 2.75) is 45.7 Å². The minimum absolute atomic E-state index is 0.352. The lowest BCUT2D eigenvalue weighted by molar-refractivity contribution is 0.138. The maximum atomic E-state index is 5.98. The van der Waals surface area contributed by atoms with E-state index in [0.29, 0.717) is 24.5 Å². The summed E-state index contributed by atoms with van der Waals surface area (Å²) in [5, 5.41) is 0.785. The Kier molecular flexibility index (Phi) is 6.84. The molecule has 1 aromatic rings. The fraction of sp³-hybridized carbons (Fsp3) is 0.625. The zero-order valence-corrected chi connectivity index (χ0v) is 13.3. The summed E-state index contributed by atoms with van der Waals surface area (Å²) >= 11 is 5.94. The van der Waals surface area contributed by atoms with Gasteiger partial charge in [0.2, 0.25) is 0 Å². The van der Waals surface area contributed by atoms with E-state index in [1.807, 2.05) is 12.1 Å². The molecule has 1 aromatic carbocycles. The first-order valence-corrected chi connectivity index (χ1v) is 7.56. The first kappa shape index (κ1) is 16.5. The molecule has 3 atom stereocenters. The molecule has 0 aliphatic carbocycles. The van der Waals surface area contributed by atoms with Crippen LogP contribution in [0.1, 0.15) is 45.2 Å². The summed E-state index contributed by atoms with van der Waals surface area (Å²) in [5.74, 6) is 0.620. The van der Waals surface area contributed by atoms with Gasteiger partial charge in [-0.3, -0.25) is 4.90 Å². The molecular formula is C16H27ClN2. The quantitative estimate of drug-likeness (QED) is 0.816. The minimum atomic E-state index is 0.352. The lowest BCUT2D eigenvalue weighted by Gasteiger charge is -2.36. The Labute approximate surface area is 122 Å². The third kappa shape index (κ3) is 4.48. The van der Waals surface area contributed by atoms with Crippen molar-refractivity contribution in [2.24, 2.45) is 11.7 Å². The molecule has 0 amide bonds. The predicted octanol–water partition coefficient (Wildman–Crippen LogP) is 4.10. The summed E-state index contributed by atoms with van der Waals surface area (Å²) < 4.78 is 0. The van der Waals surface area contributed by atoms with E-state index in [4.69, 9.17) is 17.3 Å². The minimum Gasteiger partial charge on any atom is -0.329 e. The summed E-state index contributed by atoms with van der Waals surface area (Å²) in [6.45, 7) is 7.46. The molecule has 0 radical (unpaired) electrons. The first-order valence-electron chi connectivity index (χ1n) is 7.18. The van der Waals surface area contributed by atoms with Crippen LogP contribution in [0.3, 0.4) is 0 Å². The van der Waals surface area contributed by atoms with Crippen molar-refractivity contribution in [1.82, 2.24) is 4.90 Å². The molecule has 0 bridgehead atoms. The molecule has 108 valence electrons. The van der Waals surface area contributed by atoms with Gasteiger partial charge in [0.15, 0.2) is 0 Å². The second-order valence-electron chi connectivity index (χ2n) is 5.46. The maximum absolute atomic E-state index is 5.98. The summed E-state index contributed by atoms with van der Waals surface area (Å²) in [4.78, 5) is 2.39. The predicted molar refractivity (Wildman–Crippen MR) is 84.5 cm³/mol. The molecule has 2 nitrogen and oxygen atoms in total. The van der Waals surface area contributed by atoms with Crippen LogP contribution in [0.2, 0.25) is 5.02 Å². The number of nitrogens with two attached hydrogens (primary N) is 1. The summed E-state index contributed by atoms with van der Waals surface area (Å²) in [6.07, 6.45) is 2.43. The van der Waals surface area contributed by atoms with Crippen LogP contribution in [0.5, 0.6) is 0 Å². The molecule has 0 aliphatic heterocycles. The van der Waals surface area contributed by atoms with Gasteiger partial charge >= 0.3 is 0 Å². The van der Waals surface area contributed by atoms with Gasteiger partial charge in [-0.15, -0.1) is 0 Å². The Hall–Kier alpha value is -0.570. The largest absolute Gasteiger partial charge is 0.329 e. The molecule has 1 rings (SSSR count). The molecule has 3 heteroatoms. The van der Waals surface area contributed by atoms with E-state index in [1.165, 1.54) is 18.4 Å². The lowest BCUT2D eigenvalue weighted by atomic mass is 9.93. The standard InChI is InChI=1S/C16H27ClN2/c1-5-6-12(2)16(11-18)19(4)13(3)14-7-9-15(17)10-8-14/h7-10,12-13,16H,5-6,11,18H2,1-4H3. The highest BCUT2D eigenvalue weighted by Gasteiger charge is 2.24. The van der Waals surface area contributed by atoms with Crippen LogP contribution in [0.4, 0.5) is 0 Å². The molecule has 0 heterocycles. The van der Waals surface area contributed by atoms with Crippen molar-refractivity contribution < 1.29 is 0 Å². The van der Waals surface area contributed by atoms with E-state index >= 15 is 0 Å². The molecule has 0 spiro atoms. The van der Waals surface area contributed by atoms with E-state index in [-0.39, 0.29) is 0 Å². The number of halogens is 1. The van der Waals surface area contributed by atoms with Crippen molar-refractivity contribution in [3.05, 3.63) is 34.9 Å². The van der Waals surface area contributed by atoms with Gasteiger partial charge < -0.3 is 5.73 Å². The molecule has 3 unspecified atom stereocenters.